The van der Waals surface area contributed by atoms with E-state index in [1.165, 1.54) is 4.90 Å². The van der Waals surface area contributed by atoms with Crippen molar-refractivity contribution in [3.8, 4) is 0 Å². The SMILES string of the molecule is CC(C)(C)OC(=O)N1C[C@@H](F)[C@@H](n2cc(B3OC(C)(C)C(C)(C)O3)cn2)C1. The fourth-order valence-corrected chi connectivity index (χ4v) is 3.11. The van der Waals surface area contributed by atoms with Gasteiger partial charge in [0.05, 0.1) is 17.7 Å². The average molecular weight is 381 g/mol. The summed E-state index contributed by atoms with van der Waals surface area (Å²) in [5, 5.41) is 4.29. The number of carbonyl (C=O) groups is 1. The molecule has 0 unspecified atom stereocenters. The summed E-state index contributed by atoms with van der Waals surface area (Å²) in [5.41, 5.74) is -0.792. The molecule has 0 saturated carbocycles. The molecule has 2 aliphatic heterocycles. The second-order valence-electron chi connectivity index (χ2n) is 9.31. The molecule has 0 spiro atoms. The molecule has 0 N–H and O–H groups in total. The Labute approximate surface area is 160 Å². The number of carbonyl (C=O) groups excluding carboxylic acids is 1. The van der Waals surface area contributed by atoms with Crippen molar-refractivity contribution in [3.05, 3.63) is 12.4 Å². The fraction of sp³-hybridized carbons (Fsp3) is 0.778. The summed E-state index contributed by atoms with van der Waals surface area (Å²) in [5.74, 6) is 0. The molecular formula is C18H29BFN3O4. The zero-order chi connectivity index (χ0) is 20.2. The Morgan fingerprint density at radius 3 is 2.41 bits per heavy atom. The molecule has 0 aliphatic carbocycles. The Kier molecular flexibility index (Phi) is 4.83. The summed E-state index contributed by atoms with van der Waals surface area (Å²) >= 11 is 0. The van der Waals surface area contributed by atoms with Gasteiger partial charge in [-0.1, -0.05) is 0 Å². The predicted molar refractivity (Wildman–Crippen MR) is 99.7 cm³/mol. The standard InChI is InChI=1S/C18H29BFN3O4/c1-16(2,3)25-15(24)22-10-13(20)14(11-22)23-9-12(8-21-23)19-26-17(4,5)18(6,7)27-19/h8-9,13-14H,10-11H2,1-7H3/t13-,14+/m1/s1. The van der Waals surface area contributed by atoms with Gasteiger partial charge in [0.2, 0.25) is 0 Å². The number of ether oxygens (including phenoxy) is 1. The smallest absolute Gasteiger partial charge is 0.444 e. The maximum absolute atomic E-state index is 14.6. The van der Waals surface area contributed by atoms with Crippen LogP contribution < -0.4 is 5.46 Å². The number of alkyl halides is 1. The van der Waals surface area contributed by atoms with Crippen molar-refractivity contribution in [2.45, 2.75) is 77.5 Å². The highest BCUT2D eigenvalue weighted by molar-refractivity contribution is 6.62. The van der Waals surface area contributed by atoms with E-state index in [1.807, 2.05) is 27.7 Å². The molecule has 2 fully saturated rings. The van der Waals surface area contributed by atoms with Gasteiger partial charge in [-0.15, -0.1) is 0 Å². The number of rotatable bonds is 2. The molecule has 3 rings (SSSR count). The zero-order valence-corrected chi connectivity index (χ0v) is 17.2. The summed E-state index contributed by atoms with van der Waals surface area (Å²) in [7, 11) is -0.551. The molecule has 0 bridgehead atoms. The molecule has 27 heavy (non-hydrogen) atoms. The summed E-state index contributed by atoms with van der Waals surface area (Å²) in [6.45, 7) is 13.5. The highest BCUT2D eigenvalue weighted by atomic mass is 19.1. The van der Waals surface area contributed by atoms with E-state index >= 15 is 0 Å². The highest BCUT2D eigenvalue weighted by Gasteiger charge is 2.52. The van der Waals surface area contributed by atoms with E-state index < -0.39 is 42.2 Å². The van der Waals surface area contributed by atoms with Gasteiger partial charge in [0, 0.05) is 24.4 Å². The van der Waals surface area contributed by atoms with E-state index in [0.717, 1.165) is 5.46 Å². The minimum atomic E-state index is -1.22. The number of hydrogen-bond donors (Lipinski definition) is 0. The lowest BCUT2D eigenvalue weighted by Crippen LogP contribution is -2.41. The first-order valence-electron chi connectivity index (χ1n) is 9.31. The van der Waals surface area contributed by atoms with Crippen molar-refractivity contribution in [2.24, 2.45) is 0 Å². The van der Waals surface area contributed by atoms with E-state index in [0.29, 0.717) is 0 Å². The van der Waals surface area contributed by atoms with Crippen LogP contribution >= 0.6 is 0 Å². The van der Waals surface area contributed by atoms with Crippen LogP contribution in [0.15, 0.2) is 12.4 Å². The first kappa shape index (κ1) is 20.1. The van der Waals surface area contributed by atoms with Gasteiger partial charge in [-0.05, 0) is 48.5 Å². The monoisotopic (exact) mass is 381 g/mol. The van der Waals surface area contributed by atoms with Gasteiger partial charge >= 0.3 is 13.2 Å². The molecule has 9 heteroatoms. The average Bonchev–Trinajstić information content (AvgIpc) is 3.14. The van der Waals surface area contributed by atoms with E-state index in [1.54, 1.807) is 37.8 Å². The Balaban J connectivity index is 1.69. The first-order valence-corrected chi connectivity index (χ1v) is 9.31. The van der Waals surface area contributed by atoms with E-state index in [4.69, 9.17) is 14.0 Å². The molecule has 1 aromatic heterocycles. The summed E-state index contributed by atoms with van der Waals surface area (Å²) < 4.78 is 33.5. The molecular weight excluding hydrogens is 352 g/mol. The normalized spacial score (nSPS) is 27.3. The van der Waals surface area contributed by atoms with Gasteiger partial charge in [0.25, 0.3) is 0 Å². The minimum Gasteiger partial charge on any atom is -0.444 e. The number of halogens is 1. The van der Waals surface area contributed by atoms with Crippen LogP contribution in [0.25, 0.3) is 0 Å². The lowest BCUT2D eigenvalue weighted by Gasteiger charge is -2.32. The van der Waals surface area contributed by atoms with Crippen molar-refractivity contribution < 1.29 is 23.2 Å². The van der Waals surface area contributed by atoms with Crippen molar-refractivity contribution in [1.82, 2.24) is 14.7 Å². The lowest BCUT2D eigenvalue weighted by molar-refractivity contribution is 0.00578. The van der Waals surface area contributed by atoms with Gasteiger partial charge in [-0.2, -0.15) is 5.10 Å². The fourth-order valence-electron chi connectivity index (χ4n) is 3.11. The topological polar surface area (TPSA) is 65.8 Å². The van der Waals surface area contributed by atoms with Crippen LogP contribution in [0.4, 0.5) is 9.18 Å². The van der Waals surface area contributed by atoms with Crippen LogP contribution in [0.3, 0.4) is 0 Å². The van der Waals surface area contributed by atoms with E-state index in [9.17, 15) is 9.18 Å². The summed E-state index contributed by atoms with van der Waals surface area (Å²) in [4.78, 5) is 13.6. The molecule has 0 radical (unpaired) electrons. The van der Waals surface area contributed by atoms with E-state index in [2.05, 4.69) is 5.10 Å². The van der Waals surface area contributed by atoms with Gasteiger partial charge in [-0.3, -0.25) is 4.68 Å². The molecule has 150 valence electrons. The molecule has 3 heterocycles. The minimum absolute atomic E-state index is 0.00867. The molecule has 2 atom stereocenters. The summed E-state index contributed by atoms with van der Waals surface area (Å²) in [6.07, 6.45) is 1.64. The third-order valence-electron chi connectivity index (χ3n) is 5.36. The largest absolute Gasteiger partial charge is 0.498 e. The zero-order valence-electron chi connectivity index (χ0n) is 17.2. The number of likely N-dealkylation sites (tertiary alicyclic amines) is 1. The third-order valence-corrected chi connectivity index (χ3v) is 5.36. The van der Waals surface area contributed by atoms with Crippen LogP contribution in [0.2, 0.25) is 0 Å². The molecule has 2 saturated heterocycles. The number of nitrogens with zero attached hydrogens (tertiary/aromatic N) is 3. The Hall–Kier alpha value is -1.61. The van der Waals surface area contributed by atoms with Gasteiger partial charge in [0.1, 0.15) is 17.8 Å². The number of aromatic nitrogens is 2. The van der Waals surface area contributed by atoms with E-state index in [-0.39, 0.29) is 13.1 Å². The molecule has 2 aliphatic rings. The van der Waals surface area contributed by atoms with Gasteiger partial charge in [0.15, 0.2) is 0 Å². The molecule has 1 aromatic rings. The Morgan fingerprint density at radius 1 is 1.26 bits per heavy atom. The van der Waals surface area contributed by atoms with Crippen molar-refractivity contribution in [3.63, 3.8) is 0 Å². The van der Waals surface area contributed by atoms with Gasteiger partial charge in [-0.25, -0.2) is 9.18 Å². The molecule has 7 nitrogen and oxygen atoms in total. The Morgan fingerprint density at radius 2 is 1.85 bits per heavy atom. The third kappa shape index (κ3) is 3.99. The van der Waals surface area contributed by atoms with Crippen molar-refractivity contribution in [1.29, 1.82) is 0 Å². The lowest BCUT2D eigenvalue weighted by atomic mass is 9.82. The maximum atomic E-state index is 14.6. The van der Waals surface area contributed by atoms with Crippen LogP contribution in [-0.2, 0) is 14.0 Å². The molecule has 1 amide bonds. The quantitative estimate of drug-likeness (QED) is 0.736. The van der Waals surface area contributed by atoms with Crippen LogP contribution in [0.1, 0.15) is 54.5 Å². The predicted octanol–water partition coefficient (Wildman–Crippen LogP) is 2.31. The summed E-state index contributed by atoms with van der Waals surface area (Å²) in [6, 6.07) is -0.561. The Bertz CT molecular complexity index is 700. The number of hydrogen-bond acceptors (Lipinski definition) is 5. The molecule has 0 aromatic carbocycles. The number of amides is 1. The first-order chi connectivity index (χ1) is 12.3. The van der Waals surface area contributed by atoms with Crippen LogP contribution in [0, 0.1) is 0 Å². The maximum Gasteiger partial charge on any atom is 0.498 e. The van der Waals surface area contributed by atoms with Crippen molar-refractivity contribution in [2.75, 3.05) is 13.1 Å². The van der Waals surface area contributed by atoms with Crippen molar-refractivity contribution >= 4 is 18.7 Å². The van der Waals surface area contributed by atoms with Crippen LogP contribution in [-0.4, -0.2) is 64.0 Å². The highest BCUT2D eigenvalue weighted by Crippen LogP contribution is 2.36. The van der Waals surface area contributed by atoms with Crippen LogP contribution in [0.5, 0.6) is 0 Å². The second kappa shape index (κ2) is 6.48. The van der Waals surface area contributed by atoms with Gasteiger partial charge < -0.3 is 18.9 Å². The second-order valence-corrected chi connectivity index (χ2v) is 9.31.